The summed E-state index contributed by atoms with van der Waals surface area (Å²) >= 11 is 0. The first-order valence-corrected chi connectivity index (χ1v) is 12.5. The first-order valence-electron chi connectivity index (χ1n) is 12.5. The number of aliphatic hydroxyl groups is 6. The van der Waals surface area contributed by atoms with E-state index in [0.717, 1.165) is 0 Å². The van der Waals surface area contributed by atoms with Crippen molar-refractivity contribution in [2.75, 3.05) is 19.7 Å². The van der Waals surface area contributed by atoms with Gasteiger partial charge >= 0.3 is 0 Å². The predicted octanol–water partition coefficient (Wildman–Crippen LogP) is -7.82. The van der Waals surface area contributed by atoms with Crippen LogP contribution >= 0.6 is 0 Å². The molecule has 0 aromatic carbocycles. The van der Waals surface area contributed by atoms with Crippen LogP contribution in [0.4, 0.5) is 0 Å². The molecule has 0 radical (unpaired) electrons. The van der Waals surface area contributed by atoms with Crippen molar-refractivity contribution < 1.29 is 54.4 Å². The van der Waals surface area contributed by atoms with Gasteiger partial charge in [-0.25, -0.2) is 0 Å². The Morgan fingerprint density at radius 3 is 2.16 bits per heavy atom. The highest BCUT2D eigenvalue weighted by Gasteiger charge is 2.54. The third-order valence-corrected chi connectivity index (χ3v) is 7.28. The van der Waals surface area contributed by atoms with Crippen LogP contribution in [0, 0.1) is 0 Å². The maximum Gasteiger partial charge on any atom is 0.250 e. The molecule has 15 atom stereocenters. The van der Waals surface area contributed by atoms with E-state index in [1.807, 2.05) is 0 Å². The Morgan fingerprint density at radius 1 is 0.895 bits per heavy atom. The number of hydrogen-bond donors (Lipinski definition) is 12. The number of hydrogen-bond acceptors (Lipinski definition) is 16. The molecule has 1 amide bonds. The van der Waals surface area contributed by atoms with Gasteiger partial charge in [0.15, 0.2) is 12.6 Å². The van der Waals surface area contributed by atoms with Crippen LogP contribution < -0.4 is 34.0 Å². The van der Waals surface area contributed by atoms with Crippen LogP contribution in [0.3, 0.4) is 0 Å². The van der Waals surface area contributed by atoms with Crippen molar-refractivity contribution in [3.8, 4) is 0 Å². The maximum absolute atomic E-state index is 12.4. The van der Waals surface area contributed by atoms with Crippen LogP contribution in [0.25, 0.3) is 0 Å². The number of carbonyl (C=O) groups excluding carboxylic acids is 1. The molecule has 0 spiro atoms. The summed E-state index contributed by atoms with van der Waals surface area (Å²) in [5.41, 5.74) is 29.2. The van der Waals surface area contributed by atoms with Gasteiger partial charge in [-0.05, 0) is 12.8 Å². The summed E-state index contributed by atoms with van der Waals surface area (Å²) in [6.07, 6.45) is -14.1. The Morgan fingerprint density at radius 2 is 1.55 bits per heavy atom. The van der Waals surface area contributed by atoms with Gasteiger partial charge < -0.3 is 83.6 Å². The average molecular weight is 555 g/mol. The van der Waals surface area contributed by atoms with E-state index in [0.29, 0.717) is 12.8 Å². The van der Waals surface area contributed by atoms with Crippen molar-refractivity contribution in [3.63, 3.8) is 0 Å². The van der Waals surface area contributed by atoms with E-state index in [-0.39, 0.29) is 12.6 Å². The third-order valence-electron chi connectivity index (χ3n) is 7.28. The Bertz CT molecular complexity index is 771. The van der Waals surface area contributed by atoms with E-state index >= 15 is 0 Å². The lowest BCUT2D eigenvalue weighted by Crippen LogP contribution is -2.74. The van der Waals surface area contributed by atoms with Gasteiger partial charge in [-0.2, -0.15) is 0 Å². The molecular weight excluding hydrogens is 512 g/mol. The zero-order chi connectivity index (χ0) is 28.3. The molecule has 0 bridgehead atoms. The first-order chi connectivity index (χ1) is 17.9. The molecule has 3 fully saturated rings. The molecule has 38 heavy (non-hydrogen) atoms. The zero-order valence-electron chi connectivity index (χ0n) is 20.8. The van der Waals surface area contributed by atoms with E-state index in [4.69, 9.17) is 47.6 Å². The second-order valence-corrected chi connectivity index (χ2v) is 9.93. The Labute approximate surface area is 219 Å². The molecule has 9 unspecified atom stereocenters. The zero-order valence-corrected chi connectivity index (χ0v) is 20.8. The van der Waals surface area contributed by atoms with E-state index < -0.39 is 105 Å². The normalized spacial score (nSPS) is 46.9. The highest BCUT2D eigenvalue weighted by Crippen LogP contribution is 2.31. The largest absolute Gasteiger partial charge is 0.394 e. The number of nitrogens with two attached hydrogens (primary N) is 5. The molecule has 1 saturated carbocycles. The topological polar surface area (TPSA) is 318 Å². The monoisotopic (exact) mass is 554 g/mol. The second-order valence-electron chi connectivity index (χ2n) is 9.93. The van der Waals surface area contributed by atoms with Crippen LogP contribution in [-0.4, -0.2) is 148 Å². The van der Waals surface area contributed by atoms with Gasteiger partial charge in [0.25, 0.3) is 5.91 Å². The van der Waals surface area contributed by atoms with Crippen LogP contribution in [0.2, 0.25) is 0 Å². The van der Waals surface area contributed by atoms with Gasteiger partial charge in [-0.15, -0.1) is 0 Å². The van der Waals surface area contributed by atoms with E-state index in [9.17, 15) is 35.4 Å². The molecule has 3 rings (SSSR count). The van der Waals surface area contributed by atoms with Crippen molar-refractivity contribution >= 4 is 5.91 Å². The quantitative estimate of drug-likeness (QED) is 0.126. The molecule has 0 aromatic heterocycles. The van der Waals surface area contributed by atoms with Crippen molar-refractivity contribution in [3.05, 3.63) is 0 Å². The third kappa shape index (κ3) is 6.60. The summed E-state index contributed by atoms with van der Waals surface area (Å²) in [4.78, 5) is 12.4. The van der Waals surface area contributed by atoms with Gasteiger partial charge in [-0.1, -0.05) is 0 Å². The fraction of sp³-hybridized carbons (Fsp3) is 0.952. The highest BCUT2D eigenvalue weighted by atomic mass is 16.7. The molecule has 2 aliphatic heterocycles. The lowest BCUT2D eigenvalue weighted by atomic mass is 9.81. The number of nitrogens with one attached hydrogen (secondary N) is 1. The van der Waals surface area contributed by atoms with E-state index in [2.05, 4.69) is 5.32 Å². The standard InChI is InChI=1S/C21H42N6O11/c22-3-6-1-2-7(24)20(35-6)37-17-11(26)14(31)12(27-19(34)8(29)4-23)18(16(17)33)38-21-15(32)10(25)13(30)9(5-28)36-21/h6-18,20-21,28-33H,1-5,22-26H2,(H,27,34)/t6?,7?,8-,9?,10?,11-,12?,13+,14?,15?,16?,17?,18-,20+,21+/m0/s1. The molecular formula is C21H42N6O11. The van der Waals surface area contributed by atoms with Crippen molar-refractivity contribution in [1.29, 1.82) is 0 Å². The van der Waals surface area contributed by atoms with Crippen molar-refractivity contribution in [1.82, 2.24) is 5.32 Å². The summed E-state index contributed by atoms with van der Waals surface area (Å²) in [6, 6.07) is -4.68. The van der Waals surface area contributed by atoms with Gasteiger partial charge in [0, 0.05) is 13.1 Å². The minimum atomic E-state index is -1.69. The van der Waals surface area contributed by atoms with Crippen LogP contribution in [-0.2, 0) is 23.7 Å². The second kappa shape index (κ2) is 13.5. The van der Waals surface area contributed by atoms with Gasteiger partial charge in [0.2, 0.25) is 0 Å². The summed E-state index contributed by atoms with van der Waals surface area (Å²) < 4.78 is 22.9. The number of carbonyl (C=O) groups is 1. The molecule has 2 heterocycles. The average Bonchev–Trinajstić information content (AvgIpc) is 2.91. The molecule has 0 aromatic rings. The van der Waals surface area contributed by atoms with Gasteiger partial charge in [0.1, 0.15) is 42.7 Å². The first kappa shape index (κ1) is 31.4. The predicted molar refractivity (Wildman–Crippen MR) is 127 cm³/mol. The lowest BCUT2D eigenvalue weighted by Gasteiger charge is -2.50. The fourth-order valence-corrected chi connectivity index (χ4v) is 4.84. The molecule has 17 heteroatoms. The van der Waals surface area contributed by atoms with E-state index in [1.54, 1.807) is 0 Å². The Balaban J connectivity index is 1.88. The lowest BCUT2D eigenvalue weighted by molar-refractivity contribution is -0.319. The summed E-state index contributed by atoms with van der Waals surface area (Å²) in [5.74, 6) is -0.988. The maximum atomic E-state index is 12.4. The fourth-order valence-electron chi connectivity index (χ4n) is 4.84. The van der Waals surface area contributed by atoms with Gasteiger partial charge in [-0.3, -0.25) is 4.79 Å². The molecule has 17 nitrogen and oxygen atoms in total. The SMILES string of the molecule is NCC1CCC(N)[C@@H](OC2C(O)[C@@H](O[C@H]3OC(CO)[C@@H](O)C(N)C3O)C(NC(=O)[C@@H](O)CN)C(O)[C@@H]2N)O1. The summed E-state index contributed by atoms with van der Waals surface area (Å²) in [5, 5.41) is 64.8. The van der Waals surface area contributed by atoms with Crippen molar-refractivity contribution in [2.24, 2.45) is 28.7 Å². The Hall–Kier alpha value is -1.13. The van der Waals surface area contributed by atoms with Crippen molar-refractivity contribution in [2.45, 2.75) is 105 Å². The number of rotatable bonds is 9. The summed E-state index contributed by atoms with van der Waals surface area (Å²) in [6.45, 7) is -0.905. The van der Waals surface area contributed by atoms with Crippen LogP contribution in [0.1, 0.15) is 12.8 Å². The number of aliphatic hydroxyl groups excluding tert-OH is 6. The number of ether oxygens (including phenoxy) is 4. The Kier molecular flexibility index (Phi) is 11.1. The van der Waals surface area contributed by atoms with E-state index in [1.165, 1.54) is 0 Å². The molecule has 3 aliphatic rings. The minimum Gasteiger partial charge on any atom is -0.394 e. The molecule has 17 N–H and O–H groups in total. The summed E-state index contributed by atoms with van der Waals surface area (Å²) in [7, 11) is 0. The number of amides is 1. The highest BCUT2D eigenvalue weighted by molar-refractivity contribution is 5.81. The molecule has 2 saturated heterocycles. The molecule has 1 aliphatic carbocycles. The minimum absolute atomic E-state index is 0.201. The molecule has 222 valence electrons. The smallest absolute Gasteiger partial charge is 0.250 e. The van der Waals surface area contributed by atoms with Crippen LogP contribution in [0.5, 0.6) is 0 Å². The van der Waals surface area contributed by atoms with Crippen LogP contribution in [0.15, 0.2) is 0 Å². The van der Waals surface area contributed by atoms with Gasteiger partial charge in [0.05, 0.1) is 43.0 Å².